The molecule has 2 aromatic rings. The fourth-order valence-corrected chi connectivity index (χ4v) is 4.03. The van der Waals surface area contributed by atoms with Crippen LogP contribution in [0.1, 0.15) is 21.9 Å². The van der Waals surface area contributed by atoms with Gasteiger partial charge in [0.05, 0.1) is 23.8 Å². The standard InChI is InChI=1S/C14H12ClN3O3S/c15-8-1-7-4-20-6-21-12(7)9(2-8)13-10-3-16-18-14(10)17-11(19)5-22-13/h1-3,13H,4-6H2,(H2,16,17,18,19)/t13-/m1/s1. The summed E-state index contributed by atoms with van der Waals surface area (Å²) < 4.78 is 11.0. The van der Waals surface area contributed by atoms with Crippen LogP contribution < -0.4 is 10.1 Å². The van der Waals surface area contributed by atoms with Crippen LogP contribution in [0, 0.1) is 0 Å². The lowest BCUT2D eigenvalue weighted by atomic mass is 10.0. The molecular weight excluding hydrogens is 326 g/mol. The number of thioether (sulfide) groups is 1. The summed E-state index contributed by atoms with van der Waals surface area (Å²) in [5, 5.41) is 10.2. The average molecular weight is 338 g/mol. The van der Waals surface area contributed by atoms with Crippen LogP contribution in [-0.4, -0.2) is 28.7 Å². The molecule has 0 spiro atoms. The minimum atomic E-state index is -0.0850. The van der Waals surface area contributed by atoms with Crippen LogP contribution in [0.4, 0.5) is 5.82 Å². The molecule has 1 aromatic heterocycles. The second-order valence-electron chi connectivity index (χ2n) is 5.03. The van der Waals surface area contributed by atoms with Gasteiger partial charge >= 0.3 is 0 Å². The molecule has 4 rings (SSSR count). The minimum Gasteiger partial charge on any atom is -0.467 e. The highest BCUT2D eigenvalue weighted by Crippen LogP contribution is 2.46. The Balaban J connectivity index is 1.85. The predicted molar refractivity (Wildman–Crippen MR) is 83.3 cm³/mol. The number of anilines is 1. The number of hydrogen-bond acceptors (Lipinski definition) is 5. The number of nitrogens with one attached hydrogen (secondary N) is 2. The number of halogens is 1. The number of benzene rings is 1. The zero-order chi connectivity index (χ0) is 15.1. The summed E-state index contributed by atoms with van der Waals surface area (Å²) in [6, 6.07) is 3.73. The number of H-pyrrole nitrogens is 1. The Morgan fingerprint density at radius 1 is 1.36 bits per heavy atom. The predicted octanol–water partition coefficient (Wildman–Crippen LogP) is 2.70. The summed E-state index contributed by atoms with van der Waals surface area (Å²) in [4.78, 5) is 11.8. The third-order valence-corrected chi connectivity index (χ3v) is 5.07. The molecular formula is C14H12ClN3O3S. The van der Waals surface area contributed by atoms with E-state index < -0.39 is 0 Å². The summed E-state index contributed by atoms with van der Waals surface area (Å²) in [7, 11) is 0. The molecule has 8 heteroatoms. The highest BCUT2D eigenvalue weighted by atomic mass is 35.5. The number of carbonyl (C=O) groups is 1. The lowest BCUT2D eigenvalue weighted by molar-refractivity contribution is -0.113. The number of aromatic amines is 1. The van der Waals surface area contributed by atoms with Crippen molar-refractivity contribution < 1.29 is 14.3 Å². The van der Waals surface area contributed by atoms with Crippen molar-refractivity contribution in [2.45, 2.75) is 11.9 Å². The normalized spacial score (nSPS) is 20.4. The van der Waals surface area contributed by atoms with Crippen LogP contribution in [0.2, 0.25) is 5.02 Å². The molecule has 114 valence electrons. The van der Waals surface area contributed by atoms with Crippen LogP contribution >= 0.6 is 23.4 Å². The SMILES string of the molecule is O=C1CS[C@H](c2cc(Cl)cc3c2OCOC3)c2cn[nH]c2N1. The van der Waals surface area contributed by atoms with Gasteiger partial charge in [0.2, 0.25) is 5.91 Å². The summed E-state index contributed by atoms with van der Waals surface area (Å²) >= 11 is 7.77. The number of amides is 1. The highest BCUT2D eigenvalue weighted by molar-refractivity contribution is 8.00. The summed E-state index contributed by atoms with van der Waals surface area (Å²) in [5.74, 6) is 1.71. The van der Waals surface area contributed by atoms with Crippen molar-refractivity contribution in [2.24, 2.45) is 0 Å². The average Bonchev–Trinajstić information content (AvgIpc) is 2.89. The van der Waals surface area contributed by atoms with Gasteiger partial charge in [-0.25, -0.2) is 0 Å². The monoisotopic (exact) mass is 337 g/mol. The van der Waals surface area contributed by atoms with E-state index in [2.05, 4.69) is 15.5 Å². The summed E-state index contributed by atoms with van der Waals surface area (Å²) in [5.41, 5.74) is 2.77. The van der Waals surface area contributed by atoms with E-state index in [9.17, 15) is 4.79 Å². The maximum atomic E-state index is 11.8. The Labute approximate surface area is 135 Å². The fraction of sp³-hybridized carbons (Fsp3) is 0.286. The molecule has 2 aliphatic heterocycles. The molecule has 0 unspecified atom stereocenters. The van der Waals surface area contributed by atoms with Gasteiger partial charge in [0.1, 0.15) is 11.6 Å². The Bertz CT molecular complexity index is 749. The molecule has 0 aliphatic carbocycles. The first-order chi connectivity index (χ1) is 10.7. The lowest BCUT2D eigenvalue weighted by Crippen LogP contribution is -2.14. The van der Waals surface area contributed by atoms with E-state index in [1.165, 1.54) is 11.8 Å². The van der Waals surface area contributed by atoms with Crippen LogP contribution in [0.25, 0.3) is 0 Å². The molecule has 1 aromatic carbocycles. The Morgan fingerprint density at radius 3 is 3.18 bits per heavy atom. The minimum absolute atomic E-state index is 0.0573. The largest absolute Gasteiger partial charge is 0.467 e. The first-order valence-electron chi connectivity index (χ1n) is 6.70. The number of rotatable bonds is 1. The van der Waals surface area contributed by atoms with Gasteiger partial charge in [0.25, 0.3) is 0 Å². The molecule has 2 aliphatic rings. The van der Waals surface area contributed by atoms with Crippen molar-refractivity contribution in [1.82, 2.24) is 10.2 Å². The molecule has 3 heterocycles. The second-order valence-corrected chi connectivity index (χ2v) is 6.56. The van der Waals surface area contributed by atoms with Gasteiger partial charge in [-0.1, -0.05) is 11.6 Å². The third kappa shape index (κ3) is 2.35. The Kier molecular flexibility index (Phi) is 3.48. The zero-order valence-corrected chi connectivity index (χ0v) is 13.0. The van der Waals surface area contributed by atoms with E-state index in [-0.39, 0.29) is 18.0 Å². The molecule has 6 nitrogen and oxygen atoms in total. The van der Waals surface area contributed by atoms with E-state index in [0.29, 0.717) is 23.2 Å². The molecule has 1 amide bonds. The summed E-state index contributed by atoms with van der Waals surface area (Å²) in [6.45, 7) is 0.685. The summed E-state index contributed by atoms with van der Waals surface area (Å²) in [6.07, 6.45) is 1.73. The molecule has 0 radical (unpaired) electrons. The van der Waals surface area contributed by atoms with Gasteiger partial charge in [-0.2, -0.15) is 5.10 Å². The number of ether oxygens (including phenoxy) is 2. The van der Waals surface area contributed by atoms with Crippen molar-refractivity contribution in [1.29, 1.82) is 0 Å². The van der Waals surface area contributed by atoms with Gasteiger partial charge in [-0.15, -0.1) is 11.8 Å². The van der Waals surface area contributed by atoms with Crippen molar-refractivity contribution in [3.63, 3.8) is 0 Å². The van der Waals surface area contributed by atoms with Gasteiger partial charge in [0, 0.05) is 21.7 Å². The molecule has 0 bridgehead atoms. The van der Waals surface area contributed by atoms with Gasteiger partial charge in [0.15, 0.2) is 6.79 Å². The maximum absolute atomic E-state index is 11.8. The fourth-order valence-electron chi connectivity index (χ4n) is 2.68. The number of hydrogen-bond donors (Lipinski definition) is 2. The first kappa shape index (κ1) is 13.9. The van der Waals surface area contributed by atoms with Crippen LogP contribution in [-0.2, 0) is 16.1 Å². The number of nitrogens with zero attached hydrogens (tertiary/aromatic N) is 1. The van der Waals surface area contributed by atoms with Gasteiger partial charge < -0.3 is 14.8 Å². The van der Waals surface area contributed by atoms with Gasteiger partial charge in [-0.3, -0.25) is 9.89 Å². The quantitative estimate of drug-likeness (QED) is 0.836. The molecule has 0 saturated carbocycles. The maximum Gasteiger partial charge on any atom is 0.235 e. The van der Waals surface area contributed by atoms with Crippen molar-refractivity contribution >= 4 is 35.1 Å². The van der Waals surface area contributed by atoms with E-state index in [1.54, 1.807) is 6.20 Å². The first-order valence-corrected chi connectivity index (χ1v) is 8.12. The number of fused-ring (bicyclic) bond motifs is 2. The Morgan fingerprint density at radius 2 is 2.27 bits per heavy atom. The second kappa shape index (κ2) is 5.49. The van der Waals surface area contributed by atoms with Crippen molar-refractivity contribution in [3.05, 3.63) is 40.0 Å². The van der Waals surface area contributed by atoms with Crippen LogP contribution in [0.5, 0.6) is 5.75 Å². The van der Waals surface area contributed by atoms with E-state index >= 15 is 0 Å². The molecule has 0 saturated heterocycles. The number of carbonyl (C=O) groups excluding carboxylic acids is 1. The van der Waals surface area contributed by atoms with Crippen LogP contribution in [0.15, 0.2) is 18.3 Å². The zero-order valence-electron chi connectivity index (χ0n) is 11.4. The Hall–Kier alpha value is -1.70. The number of aromatic nitrogens is 2. The van der Waals surface area contributed by atoms with E-state index in [1.807, 2.05) is 12.1 Å². The lowest BCUT2D eigenvalue weighted by Gasteiger charge is -2.24. The molecule has 1 atom stereocenters. The third-order valence-electron chi connectivity index (χ3n) is 3.58. The highest BCUT2D eigenvalue weighted by Gasteiger charge is 2.30. The van der Waals surface area contributed by atoms with Crippen LogP contribution in [0.3, 0.4) is 0 Å². The van der Waals surface area contributed by atoms with E-state index in [0.717, 1.165) is 22.4 Å². The molecule has 2 N–H and O–H groups in total. The van der Waals surface area contributed by atoms with Gasteiger partial charge in [-0.05, 0) is 12.1 Å². The van der Waals surface area contributed by atoms with E-state index in [4.69, 9.17) is 21.1 Å². The van der Waals surface area contributed by atoms with Crippen molar-refractivity contribution in [2.75, 3.05) is 17.9 Å². The molecule has 22 heavy (non-hydrogen) atoms. The molecule has 0 fully saturated rings. The van der Waals surface area contributed by atoms with Crippen molar-refractivity contribution in [3.8, 4) is 5.75 Å². The smallest absolute Gasteiger partial charge is 0.235 e. The topological polar surface area (TPSA) is 76.2 Å².